The summed E-state index contributed by atoms with van der Waals surface area (Å²) in [5.41, 5.74) is 2.09. The largest absolute Gasteiger partial charge is 0.573 e. The summed E-state index contributed by atoms with van der Waals surface area (Å²) in [4.78, 5) is 0. The lowest BCUT2D eigenvalue weighted by Gasteiger charge is -2.39. The van der Waals surface area contributed by atoms with Gasteiger partial charge in [-0.25, -0.2) is 0 Å². The highest BCUT2D eigenvalue weighted by molar-refractivity contribution is 5.60. The number of nitrogens with one attached hydrogen (secondary N) is 1. The maximum absolute atomic E-state index is 12.4. The van der Waals surface area contributed by atoms with Gasteiger partial charge in [-0.2, -0.15) is 0 Å². The van der Waals surface area contributed by atoms with Crippen LogP contribution in [-0.2, 0) is 0 Å². The predicted molar refractivity (Wildman–Crippen MR) is 75.5 cm³/mol. The zero-order chi connectivity index (χ0) is 15.1. The second-order valence-electron chi connectivity index (χ2n) is 6.45. The van der Waals surface area contributed by atoms with Crippen molar-refractivity contribution in [3.63, 3.8) is 0 Å². The molecule has 2 aliphatic rings. The highest BCUT2D eigenvalue weighted by atomic mass is 19.4. The third kappa shape index (κ3) is 2.97. The van der Waals surface area contributed by atoms with E-state index < -0.39 is 6.36 Å². The van der Waals surface area contributed by atoms with Crippen molar-refractivity contribution >= 4 is 5.69 Å². The molecule has 3 rings (SSSR count). The first-order chi connectivity index (χ1) is 9.87. The van der Waals surface area contributed by atoms with Gasteiger partial charge in [-0.1, -0.05) is 26.2 Å². The zero-order valence-corrected chi connectivity index (χ0v) is 12.1. The standard InChI is InChI=1S/C16H20F3NO/c1-15(7-3-2-4-8-15)13-10-20-14-6-5-11(9-12(13)14)21-16(17,18)19/h5-6,9,13,20H,2-4,7-8,10H2,1H3. The van der Waals surface area contributed by atoms with Crippen molar-refractivity contribution in [1.82, 2.24) is 0 Å². The number of hydrogen-bond acceptors (Lipinski definition) is 2. The summed E-state index contributed by atoms with van der Waals surface area (Å²) in [6, 6.07) is 4.64. The summed E-state index contributed by atoms with van der Waals surface area (Å²) in [7, 11) is 0. The Balaban J connectivity index is 1.88. The molecule has 1 heterocycles. The maximum Gasteiger partial charge on any atom is 0.573 e. The van der Waals surface area contributed by atoms with Crippen LogP contribution >= 0.6 is 0 Å². The molecule has 1 aliphatic heterocycles. The van der Waals surface area contributed by atoms with E-state index in [1.807, 2.05) is 0 Å². The van der Waals surface area contributed by atoms with E-state index >= 15 is 0 Å². The van der Waals surface area contributed by atoms with Crippen molar-refractivity contribution in [2.75, 3.05) is 11.9 Å². The summed E-state index contributed by atoms with van der Waals surface area (Å²) in [5.74, 6) is 0.152. The fourth-order valence-electron chi connectivity index (χ4n) is 3.84. The van der Waals surface area contributed by atoms with E-state index in [9.17, 15) is 13.2 Å². The molecule has 0 saturated heterocycles. The number of anilines is 1. The van der Waals surface area contributed by atoms with E-state index in [0.29, 0.717) is 0 Å². The average Bonchev–Trinajstić information content (AvgIpc) is 2.81. The van der Waals surface area contributed by atoms with Gasteiger partial charge in [0, 0.05) is 18.2 Å². The number of benzene rings is 1. The third-order valence-electron chi connectivity index (χ3n) is 4.97. The summed E-state index contributed by atoms with van der Waals surface area (Å²) >= 11 is 0. The van der Waals surface area contributed by atoms with E-state index in [2.05, 4.69) is 17.0 Å². The van der Waals surface area contributed by atoms with E-state index in [1.165, 1.54) is 25.3 Å². The van der Waals surface area contributed by atoms with Gasteiger partial charge < -0.3 is 10.1 Å². The quantitative estimate of drug-likeness (QED) is 0.823. The van der Waals surface area contributed by atoms with Gasteiger partial charge in [-0.05, 0) is 42.0 Å². The topological polar surface area (TPSA) is 21.3 Å². The average molecular weight is 299 g/mol. The summed E-state index contributed by atoms with van der Waals surface area (Å²) in [6.07, 6.45) is 1.33. The molecule has 1 unspecified atom stereocenters. The molecule has 1 aromatic carbocycles. The Hall–Kier alpha value is -1.39. The summed E-state index contributed by atoms with van der Waals surface area (Å²) in [6.45, 7) is 3.08. The molecule has 0 bridgehead atoms. The number of ether oxygens (including phenoxy) is 1. The molecule has 1 aromatic rings. The van der Waals surface area contributed by atoms with Gasteiger partial charge in [0.25, 0.3) is 0 Å². The van der Waals surface area contributed by atoms with Crippen molar-refractivity contribution in [3.05, 3.63) is 23.8 Å². The molecular formula is C16H20F3NO. The normalized spacial score (nSPS) is 24.3. The van der Waals surface area contributed by atoms with Gasteiger partial charge in [-0.15, -0.1) is 13.2 Å². The first-order valence-electron chi connectivity index (χ1n) is 7.51. The number of fused-ring (bicyclic) bond motifs is 1. The Morgan fingerprint density at radius 3 is 2.57 bits per heavy atom. The molecule has 2 nitrogen and oxygen atoms in total. The Bertz CT molecular complexity index is 521. The molecule has 1 atom stereocenters. The second-order valence-corrected chi connectivity index (χ2v) is 6.45. The Labute approximate surface area is 122 Å². The van der Waals surface area contributed by atoms with Crippen LogP contribution in [0.1, 0.15) is 50.5 Å². The Morgan fingerprint density at radius 2 is 1.90 bits per heavy atom. The lowest BCUT2D eigenvalue weighted by molar-refractivity contribution is -0.274. The van der Waals surface area contributed by atoms with E-state index in [-0.39, 0.29) is 17.1 Å². The van der Waals surface area contributed by atoms with Crippen molar-refractivity contribution in [1.29, 1.82) is 0 Å². The summed E-state index contributed by atoms with van der Waals surface area (Å²) < 4.78 is 41.2. The second kappa shape index (κ2) is 5.11. The predicted octanol–water partition coefficient (Wildman–Crippen LogP) is 5.06. The van der Waals surface area contributed by atoms with Gasteiger partial charge in [0.2, 0.25) is 0 Å². The maximum atomic E-state index is 12.4. The zero-order valence-electron chi connectivity index (χ0n) is 12.1. The lowest BCUT2D eigenvalue weighted by Crippen LogP contribution is -2.29. The van der Waals surface area contributed by atoms with Crippen LogP contribution in [0, 0.1) is 5.41 Å². The molecule has 1 saturated carbocycles. The van der Waals surface area contributed by atoms with Crippen LogP contribution in [0.2, 0.25) is 0 Å². The van der Waals surface area contributed by atoms with Gasteiger partial charge in [0.15, 0.2) is 0 Å². The fraction of sp³-hybridized carbons (Fsp3) is 0.625. The fourth-order valence-corrected chi connectivity index (χ4v) is 3.84. The Kier molecular flexibility index (Phi) is 3.54. The van der Waals surface area contributed by atoms with E-state index in [4.69, 9.17) is 0 Å². The van der Waals surface area contributed by atoms with E-state index in [1.54, 1.807) is 12.1 Å². The van der Waals surface area contributed by atoms with Gasteiger partial charge in [-0.3, -0.25) is 0 Å². The van der Waals surface area contributed by atoms with Crippen LogP contribution in [-0.4, -0.2) is 12.9 Å². The summed E-state index contributed by atoms with van der Waals surface area (Å²) in [5, 5.41) is 3.33. The lowest BCUT2D eigenvalue weighted by atomic mass is 9.66. The van der Waals surface area contributed by atoms with Crippen LogP contribution < -0.4 is 10.1 Å². The minimum absolute atomic E-state index is 0.116. The minimum atomic E-state index is -4.63. The molecule has 0 radical (unpaired) electrons. The number of alkyl halides is 3. The van der Waals surface area contributed by atoms with Crippen LogP contribution in [0.3, 0.4) is 0 Å². The smallest absolute Gasteiger partial charge is 0.406 e. The van der Waals surface area contributed by atoms with Crippen molar-refractivity contribution < 1.29 is 17.9 Å². The number of hydrogen-bond donors (Lipinski definition) is 1. The van der Waals surface area contributed by atoms with Gasteiger partial charge >= 0.3 is 6.36 Å². The molecule has 1 fully saturated rings. The molecule has 0 spiro atoms. The molecule has 0 amide bonds. The number of halogens is 3. The van der Waals surface area contributed by atoms with Crippen LogP contribution in [0.25, 0.3) is 0 Å². The van der Waals surface area contributed by atoms with E-state index in [0.717, 1.165) is 30.6 Å². The van der Waals surface area contributed by atoms with Crippen LogP contribution in [0.15, 0.2) is 18.2 Å². The monoisotopic (exact) mass is 299 g/mol. The van der Waals surface area contributed by atoms with Crippen molar-refractivity contribution in [2.45, 2.75) is 51.3 Å². The van der Waals surface area contributed by atoms with Gasteiger partial charge in [0.05, 0.1) is 0 Å². The first-order valence-corrected chi connectivity index (χ1v) is 7.51. The molecule has 1 aliphatic carbocycles. The van der Waals surface area contributed by atoms with Gasteiger partial charge in [0.1, 0.15) is 5.75 Å². The SMILES string of the molecule is CC1(C2CNc3ccc(OC(F)(F)F)cc32)CCCCC1. The molecule has 0 aromatic heterocycles. The highest BCUT2D eigenvalue weighted by Gasteiger charge is 2.40. The molecule has 21 heavy (non-hydrogen) atoms. The van der Waals surface area contributed by atoms with Crippen LogP contribution in [0.4, 0.5) is 18.9 Å². The molecule has 1 N–H and O–H groups in total. The van der Waals surface area contributed by atoms with Crippen LogP contribution in [0.5, 0.6) is 5.75 Å². The van der Waals surface area contributed by atoms with Crippen molar-refractivity contribution in [3.8, 4) is 5.75 Å². The third-order valence-corrected chi connectivity index (χ3v) is 4.97. The highest BCUT2D eigenvalue weighted by Crippen LogP contribution is 2.51. The molecular weight excluding hydrogens is 279 g/mol. The van der Waals surface area contributed by atoms with Crippen molar-refractivity contribution in [2.24, 2.45) is 5.41 Å². The number of rotatable bonds is 2. The molecule has 5 heteroatoms. The Morgan fingerprint density at radius 1 is 1.19 bits per heavy atom. The minimum Gasteiger partial charge on any atom is -0.406 e. The first kappa shape index (κ1) is 14.5. The molecule has 116 valence electrons.